The van der Waals surface area contributed by atoms with E-state index in [9.17, 15) is 4.79 Å². The van der Waals surface area contributed by atoms with Crippen molar-refractivity contribution in [2.45, 2.75) is 44.1 Å². The number of carbonyl (C=O) groups excluding carboxylic acids is 1. The number of nitrogens with one attached hydrogen (secondary N) is 1. The molecule has 0 aliphatic carbocycles. The molecule has 1 atom stereocenters. The molecule has 3 aliphatic rings. The van der Waals surface area contributed by atoms with Gasteiger partial charge < -0.3 is 15.1 Å². The van der Waals surface area contributed by atoms with E-state index in [-0.39, 0.29) is 5.91 Å². The Morgan fingerprint density at radius 1 is 1.00 bits per heavy atom. The van der Waals surface area contributed by atoms with Gasteiger partial charge in [-0.15, -0.1) is 0 Å². The van der Waals surface area contributed by atoms with Crippen LogP contribution in [0, 0.1) is 0 Å². The second kappa shape index (κ2) is 6.60. The summed E-state index contributed by atoms with van der Waals surface area (Å²) in [4.78, 5) is 17.2. The molecule has 1 N–H and O–H groups in total. The van der Waals surface area contributed by atoms with Crippen LogP contribution in [0.3, 0.4) is 0 Å². The molecular formula is C20H27N3O. The maximum absolute atomic E-state index is 12.9. The fourth-order valence-corrected chi connectivity index (χ4v) is 4.38. The van der Waals surface area contributed by atoms with E-state index in [1.807, 2.05) is 12.1 Å². The van der Waals surface area contributed by atoms with Gasteiger partial charge in [-0.25, -0.2) is 0 Å². The number of nitrogens with zero attached hydrogens (tertiary/aromatic N) is 2. The van der Waals surface area contributed by atoms with Gasteiger partial charge in [0, 0.05) is 42.6 Å². The Balaban J connectivity index is 1.42. The monoisotopic (exact) mass is 325 g/mol. The van der Waals surface area contributed by atoms with Gasteiger partial charge in [-0.2, -0.15) is 0 Å². The second-order valence-electron chi connectivity index (χ2n) is 7.37. The summed E-state index contributed by atoms with van der Waals surface area (Å²) < 4.78 is 0. The number of hydrogen-bond acceptors (Lipinski definition) is 3. The molecule has 4 rings (SSSR count). The zero-order valence-corrected chi connectivity index (χ0v) is 14.3. The van der Waals surface area contributed by atoms with Gasteiger partial charge in [-0.05, 0) is 69.3 Å². The van der Waals surface area contributed by atoms with Crippen LogP contribution >= 0.6 is 0 Å². The summed E-state index contributed by atoms with van der Waals surface area (Å²) in [6, 6.07) is 8.11. The Morgan fingerprint density at radius 3 is 2.54 bits per heavy atom. The number of hydrogen-bond donors (Lipinski definition) is 1. The van der Waals surface area contributed by atoms with E-state index in [4.69, 9.17) is 0 Å². The smallest absolute Gasteiger partial charge is 0.253 e. The van der Waals surface area contributed by atoms with Crippen LogP contribution in [0.1, 0.15) is 48.9 Å². The van der Waals surface area contributed by atoms with Crippen LogP contribution in [-0.4, -0.2) is 42.5 Å². The van der Waals surface area contributed by atoms with Crippen LogP contribution in [0.5, 0.6) is 0 Å². The highest BCUT2D eigenvalue weighted by atomic mass is 16.2. The van der Waals surface area contributed by atoms with Crippen LogP contribution in [-0.2, 0) is 0 Å². The first-order valence-corrected chi connectivity index (χ1v) is 9.34. The molecule has 1 aromatic carbocycles. The highest BCUT2D eigenvalue weighted by molar-refractivity contribution is 5.94. The molecule has 1 aromatic rings. The first kappa shape index (κ1) is 15.7. The third-order valence-corrected chi connectivity index (χ3v) is 5.83. The lowest BCUT2D eigenvalue weighted by Gasteiger charge is -2.28. The Bertz CT molecular complexity index is 616. The SMILES string of the molecule is O=C(c1ccc(N2C=CCC2)cc1)N1CCCC2(CCCN2)CC1. The summed E-state index contributed by atoms with van der Waals surface area (Å²) >= 11 is 0. The zero-order valence-electron chi connectivity index (χ0n) is 14.3. The minimum Gasteiger partial charge on any atom is -0.348 e. The largest absolute Gasteiger partial charge is 0.348 e. The summed E-state index contributed by atoms with van der Waals surface area (Å²) in [6.45, 7) is 3.94. The Hall–Kier alpha value is -1.81. The molecule has 4 heteroatoms. The number of likely N-dealkylation sites (tertiary alicyclic amines) is 1. The molecule has 4 nitrogen and oxygen atoms in total. The average molecular weight is 325 g/mol. The molecule has 2 fully saturated rings. The fourth-order valence-electron chi connectivity index (χ4n) is 4.38. The number of carbonyl (C=O) groups is 1. The van der Waals surface area contributed by atoms with Crippen LogP contribution in [0.15, 0.2) is 36.5 Å². The highest BCUT2D eigenvalue weighted by Gasteiger charge is 2.35. The summed E-state index contributed by atoms with van der Waals surface area (Å²) in [5.41, 5.74) is 2.29. The average Bonchev–Trinajstić information content (AvgIpc) is 3.25. The van der Waals surface area contributed by atoms with E-state index < -0.39 is 0 Å². The summed E-state index contributed by atoms with van der Waals surface area (Å²) in [5, 5.41) is 3.70. The van der Waals surface area contributed by atoms with Crippen LogP contribution in [0.2, 0.25) is 0 Å². The van der Waals surface area contributed by atoms with Gasteiger partial charge >= 0.3 is 0 Å². The predicted octanol–water partition coefficient (Wildman–Crippen LogP) is 3.16. The molecule has 2 saturated heterocycles. The number of anilines is 1. The molecule has 0 bridgehead atoms. The van der Waals surface area contributed by atoms with Gasteiger partial charge in [0.25, 0.3) is 5.91 Å². The first-order chi connectivity index (χ1) is 11.8. The standard InChI is InChI=1S/C20H27N3O/c24-19(17-5-7-18(8-6-17)22-13-1-2-14-22)23-15-4-10-20(11-16-23)9-3-12-21-20/h1,5-8,13,21H,2-4,9-12,14-16H2. The van der Waals surface area contributed by atoms with Crippen molar-refractivity contribution in [3.05, 3.63) is 42.1 Å². The molecule has 0 radical (unpaired) electrons. The first-order valence-electron chi connectivity index (χ1n) is 9.34. The molecule has 1 unspecified atom stereocenters. The van der Waals surface area contributed by atoms with E-state index in [0.29, 0.717) is 5.54 Å². The molecular weight excluding hydrogens is 298 g/mol. The molecule has 0 aromatic heterocycles. The van der Waals surface area contributed by atoms with Crippen molar-refractivity contribution >= 4 is 11.6 Å². The van der Waals surface area contributed by atoms with Gasteiger partial charge in [-0.1, -0.05) is 6.08 Å². The molecule has 0 saturated carbocycles. The number of rotatable bonds is 2. The lowest BCUT2D eigenvalue weighted by molar-refractivity contribution is 0.0758. The van der Waals surface area contributed by atoms with Gasteiger partial charge in [0.05, 0.1) is 0 Å². The minimum atomic E-state index is 0.188. The third-order valence-electron chi connectivity index (χ3n) is 5.83. The maximum Gasteiger partial charge on any atom is 0.253 e. The van der Waals surface area contributed by atoms with Gasteiger partial charge in [0.2, 0.25) is 0 Å². The van der Waals surface area contributed by atoms with E-state index in [1.165, 1.54) is 24.9 Å². The molecule has 128 valence electrons. The Morgan fingerprint density at radius 2 is 1.83 bits per heavy atom. The van der Waals surface area contributed by atoms with E-state index >= 15 is 0 Å². The van der Waals surface area contributed by atoms with E-state index in [1.54, 1.807) is 0 Å². The lowest BCUT2D eigenvalue weighted by atomic mass is 9.89. The van der Waals surface area contributed by atoms with Crippen molar-refractivity contribution in [1.29, 1.82) is 0 Å². The predicted molar refractivity (Wildman–Crippen MR) is 97.3 cm³/mol. The van der Waals surface area contributed by atoms with Crippen molar-refractivity contribution < 1.29 is 4.79 Å². The molecule has 24 heavy (non-hydrogen) atoms. The number of benzene rings is 1. The van der Waals surface area contributed by atoms with Crippen molar-refractivity contribution in [1.82, 2.24) is 10.2 Å². The third kappa shape index (κ3) is 3.07. The topological polar surface area (TPSA) is 35.6 Å². The van der Waals surface area contributed by atoms with Gasteiger partial charge in [0.1, 0.15) is 0 Å². The highest BCUT2D eigenvalue weighted by Crippen LogP contribution is 2.31. The van der Waals surface area contributed by atoms with Crippen molar-refractivity contribution in [2.24, 2.45) is 0 Å². The van der Waals surface area contributed by atoms with Crippen LogP contribution in [0.25, 0.3) is 0 Å². The Kier molecular flexibility index (Phi) is 4.31. The minimum absolute atomic E-state index is 0.188. The van der Waals surface area contributed by atoms with Crippen molar-refractivity contribution in [3.63, 3.8) is 0 Å². The van der Waals surface area contributed by atoms with Crippen LogP contribution in [0.4, 0.5) is 5.69 Å². The molecule has 1 spiro atoms. The quantitative estimate of drug-likeness (QED) is 0.907. The number of amides is 1. The zero-order chi connectivity index (χ0) is 16.4. The van der Waals surface area contributed by atoms with Crippen molar-refractivity contribution in [2.75, 3.05) is 31.1 Å². The summed E-state index contributed by atoms with van der Waals surface area (Å²) in [7, 11) is 0. The normalized spacial score (nSPS) is 27.0. The lowest BCUT2D eigenvalue weighted by Crippen LogP contribution is -2.41. The molecule has 3 heterocycles. The van der Waals surface area contributed by atoms with Gasteiger partial charge in [-0.3, -0.25) is 4.79 Å². The second-order valence-corrected chi connectivity index (χ2v) is 7.37. The molecule has 1 amide bonds. The summed E-state index contributed by atoms with van der Waals surface area (Å²) in [6.07, 6.45) is 11.4. The molecule has 3 aliphatic heterocycles. The van der Waals surface area contributed by atoms with Gasteiger partial charge in [0.15, 0.2) is 0 Å². The van der Waals surface area contributed by atoms with E-state index in [0.717, 1.165) is 51.0 Å². The van der Waals surface area contributed by atoms with Crippen molar-refractivity contribution in [3.8, 4) is 0 Å². The van der Waals surface area contributed by atoms with E-state index in [2.05, 4.69) is 39.5 Å². The fraction of sp³-hybridized carbons (Fsp3) is 0.550. The van der Waals surface area contributed by atoms with Crippen LogP contribution < -0.4 is 10.2 Å². The maximum atomic E-state index is 12.9. The summed E-state index contributed by atoms with van der Waals surface area (Å²) in [5.74, 6) is 0.188. The Labute approximate surface area is 144 Å².